The molecule has 0 aromatic heterocycles. The van der Waals surface area contributed by atoms with Gasteiger partial charge < -0.3 is 16.2 Å². The molecule has 0 bridgehead atoms. The minimum Gasteiger partial charge on any atom is -0.455 e. The van der Waals surface area contributed by atoms with Gasteiger partial charge in [0, 0.05) is 5.56 Å². The maximum atomic E-state index is 11.1. The molecule has 2 aromatic carbocycles. The molecule has 0 atom stereocenters. The SMILES string of the molecule is N#Cc1ccc(Oc2cc(C(N)=O)ccc2N)cc1. The number of primary amides is 1. The van der Waals surface area contributed by atoms with E-state index in [-0.39, 0.29) is 0 Å². The highest BCUT2D eigenvalue weighted by atomic mass is 16.5. The Labute approximate surface area is 110 Å². The molecular weight excluding hydrogens is 242 g/mol. The lowest BCUT2D eigenvalue weighted by Crippen LogP contribution is -2.11. The van der Waals surface area contributed by atoms with Crippen LogP contribution in [0.25, 0.3) is 0 Å². The monoisotopic (exact) mass is 253 g/mol. The fourth-order valence-corrected chi connectivity index (χ4v) is 1.50. The number of nitrogens with two attached hydrogens (primary N) is 2. The second-order valence-corrected chi connectivity index (χ2v) is 3.86. The minimum atomic E-state index is -0.551. The first-order valence-corrected chi connectivity index (χ1v) is 5.47. The van der Waals surface area contributed by atoms with Crippen molar-refractivity contribution < 1.29 is 9.53 Å². The summed E-state index contributed by atoms with van der Waals surface area (Å²) in [7, 11) is 0. The number of nitrogens with zero attached hydrogens (tertiary/aromatic N) is 1. The van der Waals surface area contributed by atoms with Gasteiger partial charge in [-0.25, -0.2) is 0 Å². The molecule has 0 unspecified atom stereocenters. The van der Waals surface area contributed by atoms with Crippen LogP contribution in [-0.4, -0.2) is 5.91 Å². The number of carbonyl (C=O) groups is 1. The summed E-state index contributed by atoms with van der Waals surface area (Å²) in [6, 6.07) is 13.1. The van der Waals surface area contributed by atoms with Crippen molar-refractivity contribution in [3.63, 3.8) is 0 Å². The largest absolute Gasteiger partial charge is 0.455 e. The highest BCUT2D eigenvalue weighted by Crippen LogP contribution is 2.28. The van der Waals surface area contributed by atoms with Gasteiger partial charge in [0.25, 0.3) is 0 Å². The van der Waals surface area contributed by atoms with Gasteiger partial charge in [-0.2, -0.15) is 5.26 Å². The summed E-state index contributed by atoms with van der Waals surface area (Å²) < 4.78 is 5.56. The first-order chi connectivity index (χ1) is 9.10. The fraction of sp³-hybridized carbons (Fsp3) is 0. The van der Waals surface area contributed by atoms with Crippen molar-refractivity contribution in [2.45, 2.75) is 0 Å². The normalized spacial score (nSPS) is 9.63. The highest BCUT2D eigenvalue weighted by Gasteiger charge is 2.07. The summed E-state index contributed by atoms with van der Waals surface area (Å²) in [5, 5.41) is 8.70. The van der Waals surface area contributed by atoms with E-state index in [9.17, 15) is 4.79 Å². The standard InChI is InChI=1S/C14H11N3O2/c15-8-9-1-4-11(5-2-9)19-13-7-10(14(17)18)3-6-12(13)16/h1-7H,16H2,(H2,17,18). The molecule has 0 aliphatic heterocycles. The van der Waals surface area contributed by atoms with Crippen LogP contribution in [0.5, 0.6) is 11.5 Å². The summed E-state index contributed by atoms with van der Waals surface area (Å²) in [6.45, 7) is 0. The molecule has 5 nitrogen and oxygen atoms in total. The average molecular weight is 253 g/mol. The van der Waals surface area contributed by atoms with E-state index in [1.807, 2.05) is 6.07 Å². The van der Waals surface area contributed by atoms with E-state index < -0.39 is 5.91 Å². The number of ether oxygens (including phenoxy) is 1. The molecule has 0 heterocycles. The molecule has 0 radical (unpaired) electrons. The quantitative estimate of drug-likeness (QED) is 0.817. The highest BCUT2D eigenvalue weighted by molar-refractivity contribution is 5.93. The predicted octanol–water partition coefficient (Wildman–Crippen LogP) is 2.03. The van der Waals surface area contributed by atoms with Gasteiger partial charge in [0.15, 0.2) is 5.75 Å². The Bertz CT molecular complexity index is 657. The van der Waals surface area contributed by atoms with Gasteiger partial charge >= 0.3 is 0 Å². The number of hydrogen-bond acceptors (Lipinski definition) is 4. The van der Waals surface area contributed by atoms with Crippen molar-refractivity contribution in [3.8, 4) is 17.6 Å². The van der Waals surface area contributed by atoms with Crippen LogP contribution in [0.1, 0.15) is 15.9 Å². The zero-order chi connectivity index (χ0) is 13.8. The molecule has 0 aliphatic rings. The van der Waals surface area contributed by atoms with E-state index in [4.69, 9.17) is 21.5 Å². The van der Waals surface area contributed by atoms with Crippen molar-refractivity contribution in [2.24, 2.45) is 5.73 Å². The van der Waals surface area contributed by atoms with E-state index in [2.05, 4.69) is 0 Å². The van der Waals surface area contributed by atoms with Gasteiger partial charge in [-0.3, -0.25) is 4.79 Å². The third-order valence-corrected chi connectivity index (χ3v) is 2.51. The maximum absolute atomic E-state index is 11.1. The van der Waals surface area contributed by atoms with Crippen LogP contribution in [0.4, 0.5) is 5.69 Å². The Hall–Kier alpha value is -3.00. The molecule has 1 amide bonds. The molecule has 4 N–H and O–H groups in total. The zero-order valence-electron chi connectivity index (χ0n) is 9.96. The molecule has 0 saturated carbocycles. The van der Waals surface area contributed by atoms with Crippen molar-refractivity contribution in [1.82, 2.24) is 0 Å². The van der Waals surface area contributed by atoms with Crippen LogP contribution >= 0.6 is 0 Å². The predicted molar refractivity (Wildman–Crippen MR) is 70.6 cm³/mol. The van der Waals surface area contributed by atoms with Gasteiger partial charge in [0.2, 0.25) is 5.91 Å². The number of hydrogen-bond donors (Lipinski definition) is 2. The van der Waals surface area contributed by atoms with Crippen molar-refractivity contribution >= 4 is 11.6 Å². The molecule has 19 heavy (non-hydrogen) atoms. The van der Waals surface area contributed by atoms with E-state index in [0.29, 0.717) is 28.3 Å². The third-order valence-electron chi connectivity index (χ3n) is 2.51. The minimum absolute atomic E-state index is 0.317. The molecule has 0 spiro atoms. The number of nitriles is 1. The first-order valence-electron chi connectivity index (χ1n) is 5.47. The Morgan fingerprint density at radius 2 is 1.84 bits per heavy atom. The van der Waals surface area contributed by atoms with Crippen LogP contribution in [-0.2, 0) is 0 Å². The van der Waals surface area contributed by atoms with Gasteiger partial charge in [-0.15, -0.1) is 0 Å². The van der Waals surface area contributed by atoms with E-state index >= 15 is 0 Å². The number of rotatable bonds is 3. The van der Waals surface area contributed by atoms with Gasteiger partial charge in [-0.05, 0) is 42.5 Å². The van der Waals surface area contributed by atoms with Crippen molar-refractivity contribution in [1.29, 1.82) is 5.26 Å². The number of carbonyl (C=O) groups excluding carboxylic acids is 1. The summed E-state index contributed by atoms with van der Waals surface area (Å²) in [4.78, 5) is 11.1. The fourth-order valence-electron chi connectivity index (χ4n) is 1.50. The summed E-state index contributed by atoms with van der Waals surface area (Å²) in [5.74, 6) is 0.318. The lowest BCUT2D eigenvalue weighted by molar-refractivity contribution is 0.1000. The van der Waals surface area contributed by atoms with E-state index in [1.165, 1.54) is 12.1 Å². The molecule has 0 fully saturated rings. The van der Waals surface area contributed by atoms with Crippen LogP contribution in [0.15, 0.2) is 42.5 Å². The van der Waals surface area contributed by atoms with Crippen LogP contribution in [0.3, 0.4) is 0 Å². The van der Waals surface area contributed by atoms with Gasteiger partial charge in [0.05, 0.1) is 17.3 Å². The molecule has 2 rings (SSSR count). The number of nitrogen functional groups attached to an aromatic ring is 1. The summed E-state index contributed by atoms with van der Waals surface area (Å²) in [5.41, 5.74) is 12.2. The van der Waals surface area contributed by atoms with Crippen LogP contribution in [0, 0.1) is 11.3 Å². The number of benzene rings is 2. The molecule has 2 aromatic rings. The topological polar surface area (TPSA) is 102 Å². The molecule has 5 heteroatoms. The maximum Gasteiger partial charge on any atom is 0.248 e. The Kier molecular flexibility index (Phi) is 3.35. The third kappa shape index (κ3) is 2.82. The second-order valence-electron chi connectivity index (χ2n) is 3.86. The zero-order valence-corrected chi connectivity index (χ0v) is 9.96. The van der Waals surface area contributed by atoms with Crippen LogP contribution < -0.4 is 16.2 Å². The Balaban J connectivity index is 2.29. The number of anilines is 1. The lowest BCUT2D eigenvalue weighted by Gasteiger charge is -2.09. The summed E-state index contributed by atoms with van der Waals surface area (Å²) in [6.07, 6.45) is 0. The molecule has 0 aliphatic carbocycles. The Morgan fingerprint density at radius 3 is 2.42 bits per heavy atom. The number of amides is 1. The second kappa shape index (κ2) is 5.10. The smallest absolute Gasteiger partial charge is 0.248 e. The van der Waals surface area contributed by atoms with Crippen molar-refractivity contribution in [3.05, 3.63) is 53.6 Å². The summed E-state index contributed by atoms with van der Waals surface area (Å²) >= 11 is 0. The molecular formula is C14H11N3O2. The first kappa shape index (κ1) is 12.5. The Morgan fingerprint density at radius 1 is 1.16 bits per heavy atom. The molecule has 94 valence electrons. The van der Waals surface area contributed by atoms with Crippen molar-refractivity contribution in [2.75, 3.05) is 5.73 Å². The van der Waals surface area contributed by atoms with E-state index in [1.54, 1.807) is 30.3 Å². The van der Waals surface area contributed by atoms with Gasteiger partial charge in [-0.1, -0.05) is 0 Å². The lowest BCUT2D eigenvalue weighted by atomic mass is 10.2. The van der Waals surface area contributed by atoms with E-state index in [0.717, 1.165) is 0 Å². The average Bonchev–Trinajstić information content (AvgIpc) is 2.42. The molecule has 0 saturated heterocycles. The van der Waals surface area contributed by atoms with Crippen LogP contribution in [0.2, 0.25) is 0 Å². The van der Waals surface area contributed by atoms with Gasteiger partial charge in [0.1, 0.15) is 5.75 Å².